The van der Waals surface area contributed by atoms with Crippen molar-refractivity contribution in [3.8, 4) is 0 Å². The molecule has 2 amide bonds. The smallest absolute Gasteiger partial charge is 0.233 e. The second-order valence-corrected chi connectivity index (χ2v) is 5.29. The summed E-state index contributed by atoms with van der Waals surface area (Å²) in [5.74, 6) is -0.516. The molecule has 3 N–H and O–H groups in total. The van der Waals surface area contributed by atoms with E-state index in [4.69, 9.17) is 0 Å². The number of rotatable bonds is 4. The first kappa shape index (κ1) is 14.5. The molecule has 20 heavy (non-hydrogen) atoms. The zero-order valence-electron chi connectivity index (χ0n) is 11.8. The highest BCUT2D eigenvalue weighted by atomic mass is 16.3. The molecule has 0 saturated heterocycles. The van der Waals surface area contributed by atoms with Crippen LogP contribution in [0.4, 0.5) is 11.4 Å². The fraction of sp³-hybridized carbons (Fsp3) is 0.467. The number of amides is 2. The first-order chi connectivity index (χ1) is 9.51. The molecule has 0 aromatic heterocycles. The van der Waals surface area contributed by atoms with Crippen molar-refractivity contribution in [1.29, 1.82) is 0 Å². The monoisotopic (exact) mass is 276 g/mol. The van der Waals surface area contributed by atoms with E-state index in [1.165, 1.54) is 0 Å². The van der Waals surface area contributed by atoms with Crippen molar-refractivity contribution in [2.45, 2.75) is 39.2 Å². The summed E-state index contributed by atoms with van der Waals surface area (Å²) >= 11 is 0. The van der Waals surface area contributed by atoms with Crippen LogP contribution in [0.1, 0.15) is 44.8 Å². The minimum Gasteiger partial charge on any atom is -0.388 e. The molecule has 2 unspecified atom stereocenters. The van der Waals surface area contributed by atoms with Crippen LogP contribution in [0, 0.1) is 5.92 Å². The highest BCUT2D eigenvalue weighted by Crippen LogP contribution is 2.32. The van der Waals surface area contributed by atoms with Gasteiger partial charge in [-0.05, 0) is 30.0 Å². The van der Waals surface area contributed by atoms with Crippen LogP contribution in [0.15, 0.2) is 18.2 Å². The van der Waals surface area contributed by atoms with Crippen LogP contribution in [-0.2, 0) is 9.59 Å². The van der Waals surface area contributed by atoms with Gasteiger partial charge in [0.05, 0.1) is 17.5 Å². The lowest BCUT2D eigenvalue weighted by Crippen LogP contribution is -2.16. The molecule has 5 heteroatoms. The Bertz CT molecular complexity index is 528. The van der Waals surface area contributed by atoms with E-state index in [0.29, 0.717) is 11.4 Å². The number of anilines is 2. The lowest BCUT2D eigenvalue weighted by atomic mass is 9.93. The van der Waals surface area contributed by atoms with Crippen LogP contribution in [0.25, 0.3) is 0 Å². The van der Waals surface area contributed by atoms with Gasteiger partial charge in [0.25, 0.3) is 0 Å². The predicted octanol–water partition coefficient (Wildman–Crippen LogP) is 2.44. The van der Waals surface area contributed by atoms with Crippen LogP contribution < -0.4 is 10.6 Å². The summed E-state index contributed by atoms with van der Waals surface area (Å²) in [6, 6.07) is 5.24. The Labute approximate surface area is 118 Å². The summed E-state index contributed by atoms with van der Waals surface area (Å²) in [6.07, 6.45) is 1.19. The number of aliphatic hydroxyl groups is 1. The summed E-state index contributed by atoms with van der Waals surface area (Å²) in [6.45, 7) is 4.08. The second kappa shape index (κ2) is 6.05. The summed E-state index contributed by atoms with van der Waals surface area (Å²) in [7, 11) is 0. The van der Waals surface area contributed by atoms with Gasteiger partial charge >= 0.3 is 0 Å². The van der Waals surface area contributed by atoms with E-state index in [-0.39, 0.29) is 24.2 Å². The Morgan fingerprint density at radius 3 is 2.50 bits per heavy atom. The van der Waals surface area contributed by atoms with Gasteiger partial charge in [0.2, 0.25) is 11.8 Å². The first-order valence-electron chi connectivity index (χ1n) is 6.93. The van der Waals surface area contributed by atoms with Crippen molar-refractivity contribution in [2.75, 3.05) is 10.6 Å². The van der Waals surface area contributed by atoms with E-state index in [1.54, 1.807) is 18.2 Å². The Kier molecular flexibility index (Phi) is 4.39. The van der Waals surface area contributed by atoms with Gasteiger partial charge in [-0.25, -0.2) is 0 Å². The number of carbonyl (C=O) groups excluding carboxylic acids is 2. The molecule has 2 atom stereocenters. The van der Waals surface area contributed by atoms with Crippen molar-refractivity contribution in [3.63, 3.8) is 0 Å². The molecule has 2 rings (SSSR count). The standard InChI is InChI=1S/C15H20N2O3/c1-3-4-9(2)15(20)10-5-6-11-12(7-10)17-14(19)8-13(18)16-11/h5-7,9,15,20H,3-4,8H2,1-2H3,(H,16,18)(H,17,19). The number of hydrogen-bond donors (Lipinski definition) is 3. The van der Waals surface area contributed by atoms with Gasteiger partial charge in [-0.2, -0.15) is 0 Å². The fourth-order valence-electron chi connectivity index (χ4n) is 2.43. The average Bonchev–Trinajstić information content (AvgIpc) is 2.53. The normalized spacial score (nSPS) is 17.6. The number of benzene rings is 1. The van der Waals surface area contributed by atoms with Crippen molar-refractivity contribution < 1.29 is 14.7 Å². The molecule has 0 bridgehead atoms. The zero-order chi connectivity index (χ0) is 14.7. The number of aliphatic hydroxyl groups excluding tert-OH is 1. The van der Waals surface area contributed by atoms with Gasteiger partial charge in [0.1, 0.15) is 6.42 Å². The third kappa shape index (κ3) is 3.17. The fourth-order valence-corrected chi connectivity index (χ4v) is 2.43. The van der Waals surface area contributed by atoms with Crippen molar-refractivity contribution in [1.82, 2.24) is 0 Å². The predicted molar refractivity (Wildman–Crippen MR) is 77.4 cm³/mol. The summed E-state index contributed by atoms with van der Waals surface area (Å²) in [5.41, 5.74) is 1.86. The van der Waals surface area contributed by atoms with E-state index in [1.807, 2.05) is 6.92 Å². The van der Waals surface area contributed by atoms with Crippen LogP contribution >= 0.6 is 0 Å². The lowest BCUT2D eigenvalue weighted by Gasteiger charge is -2.20. The van der Waals surface area contributed by atoms with E-state index < -0.39 is 6.10 Å². The van der Waals surface area contributed by atoms with Crippen molar-refractivity contribution in [2.24, 2.45) is 5.92 Å². The largest absolute Gasteiger partial charge is 0.388 e. The van der Waals surface area contributed by atoms with Crippen molar-refractivity contribution in [3.05, 3.63) is 23.8 Å². The molecule has 5 nitrogen and oxygen atoms in total. The molecule has 108 valence electrons. The molecule has 1 aromatic rings. The highest BCUT2D eigenvalue weighted by Gasteiger charge is 2.21. The third-order valence-corrected chi connectivity index (χ3v) is 3.54. The maximum Gasteiger partial charge on any atom is 0.233 e. The maximum absolute atomic E-state index is 11.5. The average molecular weight is 276 g/mol. The Hall–Kier alpha value is -1.88. The SMILES string of the molecule is CCCC(C)C(O)c1ccc2c(c1)NC(=O)CC(=O)N2. The van der Waals surface area contributed by atoms with Gasteiger partial charge in [-0.15, -0.1) is 0 Å². The number of carbonyl (C=O) groups is 2. The number of hydrogen-bond acceptors (Lipinski definition) is 3. The summed E-state index contributed by atoms with van der Waals surface area (Å²) in [4.78, 5) is 23.0. The van der Waals surface area contributed by atoms with Crippen molar-refractivity contribution >= 4 is 23.2 Å². The zero-order valence-corrected chi connectivity index (χ0v) is 11.8. The number of nitrogens with one attached hydrogen (secondary N) is 2. The maximum atomic E-state index is 11.5. The van der Waals surface area contributed by atoms with Gasteiger partial charge < -0.3 is 15.7 Å². The Morgan fingerprint density at radius 2 is 1.85 bits per heavy atom. The molecule has 1 aliphatic rings. The molecule has 0 fully saturated rings. The number of fused-ring (bicyclic) bond motifs is 1. The Morgan fingerprint density at radius 1 is 1.20 bits per heavy atom. The summed E-state index contributed by atoms with van der Waals surface area (Å²) in [5, 5.41) is 15.7. The topological polar surface area (TPSA) is 78.4 Å². The van der Waals surface area contributed by atoms with E-state index in [9.17, 15) is 14.7 Å². The van der Waals surface area contributed by atoms with Gasteiger partial charge in [-0.1, -0.05) is 26.3 Å². The molecule has 1 aromatic carbocycles. The third-order valence-electron chi connectivity index (χ3n) is 3.54. The minimum atomic E-state index is -0.573. The van der Waals surface area contributed by atoms with E-state index >= 15 is 0 Å². The Balaban J connectivity index is 2.27. The van der Waals surface area contributed by atoms with Crippen LogP contribution in [0.2, 0.25) is 0 Å². The second-order valence-electron chi connectivity index (χ2n) is 5.29. The molecule has 1 heterocycles. The molecule has 0 radical (unpaired) electrons. The van der Waals surface area contributed by atoms with Crippen LogP contribution in [0.5, 0.6) is 0 Å². The molecule has 0 saturated carbocycles. The molecule has 0 aliphatic carbocycles. The summed E-state index contributed by atoms with van der Waals surface area (Å²) < 4.78 is 0. The van der Waals surface area contributed by atoms with Gasteiger partial charge in [0.15, 0.2) is 0 Å². The van der Waals surface area contributed by atoms with E-state index in [0.717, 1.165) is 18.4 Å². The minimum absolute atomic E-state index is 0.147. The van der Waals surface area contributed by atoms with Gasteiger partial charge in [0, 0.05) is 0 Å². The van der Waals surface area contributed by atoms with Gasteiger partial charge in [-0.3, -0.25) is 9.59 Å². The molecule has 1 aliphatic heterocycles. The lowest BCUT2D eigenvalue weighted by molar-refractivity contribution is -0.123. The quantitative estimate of drug-likeness (QED) is 0.739. The van der Waals surface area contributed by atoms with Crippen LogP contribution in [-0.4, -0.2) is 16.9 Å². The molecule has 0 spiro atoms. The highest BCUT2D eigenvalue weighted by molar-refractivity contribution is 6.13. The first-order valence-corrected chi connectivity index (χ1v) is 6.93. The van der Waals surface area contributed by atoms with Crippen LogP contribution in [0.3, 0.4) is 0 Å². The molecular weight excluding hydrogens is 256 g/mol. The molecular formula is C15H20N2O3. The van der Waals surface area contributed by atoms with E-state index in [2.05, 4.69) is 17.6 Å².